The summed E-state index contributed by atoms with van der Waals surface area (Å²) in [4.78, 5) is 9.35. The maximum absolute atomic E-state index is 12.5. The van der Waals surface area contributed by atoms with Crippen LogP contribution in [0.15, 0.2) is 47.9 Å². The number of ether oxygens (including phenoxy) is 1. The van der Waals surface area contributed by atoms with Crippen LogP contribution in [0.1, 0.15) is 6.92 Å². The number of fused-ring (bicyclic) bond motifs is 1. The number of hydrogen-bond acceptors (Lipinski definition) is 6. The molecule has 2 heterocycles. The van der Waals surface area contributed by atoms with Crippen LogP contribution < -0.4 is 9.64 Å². The van der Waals surface area contributed by atoms with Crippen molar-refractivity contribution in [1.29, 1.82) is 0 Å². The fourth-order valence-electron chi connectivity index (χ4n) is 2.08. The molecule has 0 unspecified atom stereocenters. The zero-order valence-corrected chi connectivity index (χ0v) is 11.6. The van der Waals surface area contributed by atoms with Crippen LogP contribution in [0.2, 0.25) is 0 Å². The zero-order chi connectivity index (χ0) is 14.2. The summed E-state index contributed by atoms with van der Waals surface area (Å²) >= 11 is 0. The smallest absolute Gasteiger partial charge is 0.249 e. The Morgan fingerprint density at radius 3 is 2.65 bits per heavy atom. The highest BCUT2D eigenvalue weighted by Gasteiger charge is 2.35. The van der Waals surface area contributed by atoms with E-state index in [2.05, 4.69) is 9.97 Å². The van der Waals surface area contributed by atoms with Gasteiger partial charge in [-0.15, -0.1) is 0 Å². The van der Waals surface area contributed by atoms with Gasteiger partial charge in [-0.1, -0.05) is 12.1 Å². The van der Waals surface area contributed by atoms with Gasteiger partial charge in [-0.05, 0) is 25.1 Å². The highest BCUT2D eigenvalue weighted by Crippen LogP contribution is 2.36. The summed E-state index contributed by atoms with van der Waals surface area (Å²) in [5.41, 5.74) is 0.763. The van der Waals surface area contributed by atoms with Crippen LogP contribution in [0.4, 0.5) is 5.69 Å². The Morgan fingerprint density at radius 1 is 1.20 bits per heavy atom. The summed E-state index contributed by atoms with van der Waals surface area (Å²) in [6.07, 6.45) is 2.84. The molecule has 6 nitrogen and oxygen atoms in total. The third kappa shape index (κ3) is 2.00. The van der Waals surface area contributed by atoms with Crippen LogP contribution in [0.25, 0.3) is 0 Å². The number of sulfone groups is 1. The Labute approximate surface area is 117 Å². The second-order valence-electron chi connectivity index (χ2n) is 4.39. The Kier molecular flexibility index (Phi) is 3.06. The number of para-hydroxylation sites is 2. The molecule has 0 saturated carbocycles. The van der Waals surface area contributed by atoms with E-state index in [4.69, 9.17) is 4.74 Å². The summed E-state index contributed by atoms with van der Waals surface area (Å²) in [7, 11) is -3.64. The predicted molar refractivity (Wildman–Crippen MR) is 73.1 cm³/mol. The molecule has 3 rings (SSSR count). The minimum Gasteiger partial charge on any atom is -0.471 e. The predicted octanol–water partition coefficient (Wildman–Crippen LogP) is 1.45. The van der Waals surface area contributed by atoms with Gasteiger partial charge in [-0.25, -0.2) is 18.4 Å². The summed E-state index contributed by atoms with van der Waals surface area (Å²) in [6, 6.07) is 8.92. The molecule has 1 aliphatic heterocycles. The molecule has 7 heteroatoms. The molecule has 104 valence electrons. The molecule has 1 atom stereocenters. The van der Waals surface area contributed by atoms with E-state index in [1.165, 1.54) is 12.4 Å². The van der Waals surface area contributed by atoms with Gasteiger partial charge in [0.1, 0.15) is 11.1 Å². The van der Waals surface area contributed by atoms with Gasteiger partial charge in [0, 0.05) is 12.4 Å². The van der Waals surface area contributed by atoms with Crippen molar-refractivity contribution in [2.24, 2.45) is 0 Å². The maximum Gasteiger partial charge on any atom is 0.249 e. The molecule has 0 radical (unpaired) electrons. The van der Waals surface area contributed by atoms with Gasteiger partial charge in [-0.3, -0.25) is 0 Å². The standard InChI is InChI=1S/C13H13N3O3S/c1-10(20(17,18)13-14-7-4-8-15-13)16-9-19-12-6-3-2-5-11(12)16/h2-8,10H,9H2,1H3/t10-/m1/s1. The molecular formula is C13H13N3O3S. The Balaban J connectivity index is 1.97. The largest absolute Gasteiger partial charge is 0.471 e. The average Bonchev–Trinajstić information content (AvgIpc) is 2.91. The molecule has 0 fully saturated rings. The second kappa shape index (κ2) is 4.75. The van der Waals surface area contributed by atoms with Crippen molar-refractivity contribution >= 4 is 15.5 Å². The minimum absolute atomic E-state index is 0.170. The van der Waals surface area contributed by atoms with Crippen molar-refractivity contribution in [3.05, 3.63) is 42.7 Å². The molecule has 0 amide bonds. The quantitative estimate of drug-likeness (QED) is 0.797. The normalized spacial score (nSPS) is 15.6. The number of benzene rings is 1. The molecule has 1 aromatic heterocycles. The number of aromatic nitrogens is 2. The molecule has 0 N–H and O–H groups in total. The first kappa shape index (κ1) is 12.9. The molecule has 0 saturated heterocycles. The number of rotatable bonds is 3. The fourth-order valence-corrected chi connectivity index (χ4v) is 3.31. The van der Waals surface area contributed by atoms with Gasteiger partial charge >= 0.3 is 0 Å². The monoisotopic (exact) mass is 291 g/mol. The number of nitrogens with zero attached hydrogens (tertiary/aromatic N) is 3. The third-order valence-corrected chi connectivity index (χ3v) is 5.09. The zero-order valence-electron chi connectivity index (χ0n) is 10.8. The lowest BCUT2D eigenvalue weighted by Crippen LogP contribution is -2.39. The van der Waals surface area contributed by atoms with Crippen molar-refractivity contribution in [2.75, 3.05) is 11.6 Å². The molecule has 0 bridgehead atoms. The van der Waals surface area contributed by atoms with E-state index in [9.17, 15) is 8.42 Å². The summed E-state index contributed by atoms with van der Waals surface area (Å²) in [6.45, 7) is 1.81. The minimum atomic E-state index is -3.64. The molecule has 0 aliphatic carbocycles. The number of hydrogen-bond donors (Lipinski definition) is 0. The maximum atomic E-state index is 12.5. The van der Waals surface area contributed by atoms with Crippen molar-refractivity contribution in [3.63, 3.8) is 0 Å². The van der Waals surface area contributed by atoms with Crippen LogP contribution >= 0.6 is 0 Å². The first-order valence-electron chi connectivity index (χ1n) is 6.10. The lowest BCUT2D eigenvalue weighted by Gasteiger charge is -2.23. The fraction of sp³-hybridized carbons (Fsp3) is 0.231. The second-order valence-corrected chi connectivity index (χ2v) is 6.52. The molecule has 20 heavy (non-hydrogen) atoms. The van der Waals surface area contributed by atoms with E-state index in [0.29, 0.717) is 5.75 Å². The van der Waals surface area contributed by atoms with Crippen molar-refractivity contribution < 1.29 is 13.2 Å². The Bertz CT molecular complexity index is 719. The van der Waals surface area contributed by atoms with Crippen molar-refractivity contribution in [1.82, 2.24) is 9.97 Å². The topological polar surface area (TPSA) is 72.4 Å². The SMILES string of the molecule is C[C@H](N1COc2ccccc21)S(=O)(=O)c1ncccn1. The van der Waals surface area contributed by atoms with E-state index in [1.807, 2.05) is 24.3 Å². The van der Waals surface area contributed by atoms with Crippen LogP contribution in [-0.4, -0.2) is 30.5 Å². The van der Waals surface area contributed by atoms with Gasteiger partial charge in [-0.2, -0.15) is 0 Å². The average molecular weight is 291 g/mol. The molecule has 0 spiro atoms. The van der Waals surface area contributed by atoms with Crippen molar-refractivity contribution in [2.45, 2.75) is 17.5 Å². The van der Waals surface area contributed by atoms with E-state index in [0.717, 1.165) is 5.69 Å². The lowest BCUT2D eigenvalue weighted by molar-refractivity contribution is 0.344. The molecular weight excluding hydrogens is 278 g/mol. The van der Waals surface area contributed by atoms with E-state index in [-0.39, 0.29) is 11.9 Å². The van der Waals surface area contributed by atoms with Crippen LogP contribution in [0.3, 0.4) is 0 Å². The first-order chi connectivity index (χ1) is 9.60. The highest BCUT2D eigenvalue weighted by molar-refractivity contribution is 7.91. The Hall–Kier alpha value is -2.15. The third-order valence-electron chi connectivity index (χ3n) is 3.22. The lowest BCUT2D eigenvalue weighted by atomic mass is 10.3. The van der Waals surface area contributed by atoms with E-state index >= 15 is 0 Å². The van der Waals surface area contributed by atoms with E-state index < -0.39 is 15.2 Å². The highest BCUT2D eigenvalue weighted by atomic mass is 32.2. The van der Waals surface area contributed by atoms with Crippen LogP contribution in [-0.2, 0) is 9.84 Å². The Morgan fingerprint density at radius 2 is 1.90 bits per heavy atom. The van der Waals surface area contributed by atoms with Crippen molar-refractivity contribution in [3.8, 4) is 5.75 Å². The van der Waals surface area contributed by atoms with Gasteiger partial charge in [0.05, 0.1) is 5.69 Å². The number of anilines is 1. The van der Waals surface area contributed by atoms with Gasteiger partial charge < -0.3 is 9.64 Å². The summed E-state index contributed by atoms with van der Waals surface area (Å²) in [5, 5.41) is -0.967. The van der Waals surface area contributed by atoms with Crippen LogP contribution in [0.5, 0.6) is 5.75 Å². The summed E-state index contributed by atoms with van der Waals surface area (Å²) in [5.74, 6) is 0.684. The van der Waals surface area contributed by atoms with Crippen LogP contribution in [0, 0.1) is 0 Å². The van der Waals surface area contributed by atoms with E-state index in [1.54, 1.807) is 17.9 Å². The first-order valence-corrected chi connectivity index (χ1v) is 7.65. The van der Waals surface area contributed by atoms with Gasteiger partial charge in [0.15, 0.2) is 6.73 Å². The molecule has 1 aliphatic rings. The van der Waals surface area contributed by atoms with Gasteiger partial charge in [0.2, 0.25) is 15.0 Å². The van der Waals surface area contributed by atoms with Gasteiger partial charge in [0.25, 0.3) is 0 Å². The molecule has 2 aromatic rings. The molecule has 1 aromatic carbocycles. The summed E-state index contributed by atoms with van der Waals surface area (Å²) < 4.78 is 30.5.